The summed E-state index contributed by atoms with van der Waals surface area (Å²) in [6, 6.07) is 11.7. The first kappa shape index (κ1) is 12.4. The van der Waals surface area contributed by atoms with Crippen LogP contribution in [0.2, 0.25) is 0 Å². The first-order valence-corrected chi connectivity index (χ1v) is 6.40. The predicted octanol–water partition coefficient (Wildman–Crippen LogP) is 3.46. The predicted molar refractivity (Wildman–Crippen MR) is 78.5 cm³/mol. The maximum Gasteiger partial charge on any atom is 0.142 e. The van der Waals surface area contributed by atoms with Crippen LogP contribution in [0.15, 0.2) is 48.8 Å². The molecule has 0 fully saturated rings. The average molecular weight is 265 g/mol. The number of nitrogens with one attached hydrogen (secondary N) is 1. The molecule has 3 rings (SSSR count). The van der Waals surface area contributed by atoms with Crippen molar-refractivity contribution in [2.24, 2.45) is 0 Å². The normalized spacial score (nSPS) is 10.5. The van der Waals surface area contributed by atoms with Crippen LogP contribution in [0, 0.1) is 6.92 Å². The standard InChI is InChI=1S/C16H15N3O/c1-11-15(12-6-5-9-17-10-12)19-16(18-11)13-7-3-4-8-14(13)20-2/h3-10H,1-2H3,(H,18,19). The second-order valence-electron chi connectivity index (χ2n) is 4.50. The van der Waals surface area contributed by atoms with Crippen molar-refractivity contribution in [2.75, 3.05) is 7.11 Å². The quantitative estimate of drug-likeness (QED) is 0.789. The van der Waals surface area contributed by atoms with Gasteiger partial charge in [-0.3, -0.25) is 4.98 Å². The molecule has 0 aliphatic heterocycles. The lowest BCUT2D eigenvalue weighted by molar-refractivity contribution is 0.416. The largest absolute Gasteiger partial charge is 0.496 e. The smallest absolute Gasteiger partial charge is 0.142 e. The Hall–Kier alpha value is -2.62. The number of pyridine rings is 1. The second kappa shape index (κ2) is 5.17. The Morgan fingerprint density at radius 1 is 1.10 bits per heavy atom. The summed E-state index contributed by atoms with van der Waals surface area (Å²) in [7, 11) is 1.66. The molecule has 0 saturated heterocycles. The molecular weight excluding hydrogens is 250 g/mol. The van der Waals surface area contributed by atoms with Crippen LogP contribution in [0.4, 0.5) is 0 Å². The Morgan fingerprint density at radius 2 is 1.95 bits per heavy atom. The molecule has 20 heavy (non-hydrogen) atoms. The minimum absolute atomic E-state index is 0.804. The van der Waals surface area contributed by atoms with Gasteiger partial charge in [0.2, 0.25) is 0 Å². The van der Waals surface area contributed by atoms with E-state index in [1.54, 1.807) is 13.3 Å². The molecule has 2 heterocycles. The molecule has 0 saturated carbocycles. The van der Waals surface area contributed by atoms with E-state index in [0.717, 1.165) is 34.1 Å². The number of ether oxygens (including phenoxy) is 1. The van der Waals surface area contributed by atoms with Gasteiger partial charge in [0.15, 0.2) is 0 Å². The molecule has 100 valence electrons. The molecule has 0 aliphatic rings. The third-order valence-electron chi connectivity index (χ3n) is 3.18. The van der Waals surface area contributed by atoms with E-state index in [1.165, 1.54) is 0 Å². The second-order valence-corrected chi connectivity index (χ2v) is 4.50. The Balaban J connectivity index is 2.09. The minimum atomic E-state index is 0.804. The lowest BCUT2D eigenvalue weighted by atomic mass is 10.2. The molecule has 1 N–H and O–H groups in total. The molecule has 3 aromatic rings. The summed E-state index contributed by atoms with van der Waals surface area (Å²) in [5.41, 5.74) is 3.88. The van der Waals surface area contributed by atoms with Gasteiger partial charge < -0.3 is 9.72 Å². The van der Waals surface area contributed by atoms with Crippen molar-refractivity contribution in [1.82, 2.24) is 15.0 Å². The third kappa shape index (κ3) is 2.16. The van der Waals surface area contributed by atoms with Crippen molar-refractivity contribution in [2.45, 2.75) is 6.92 Å². The van der Waals surface area contributed by atoms with E-state index >= 15 is 0 Å². The molecule has 2 aromatic heterocycles. The fourth-order valence-electron chi connectivity index (χ4n) is 2.21. The maximum atomic E-state index is 5.38. The van der Waals surface area contributed by atoms with Crippen LogP contribution in [0.25, 0.3) is 22.6 Å². The molecule has 0 atom stereocenters. The lowest BCUT2D eigenvalue weighted by Gasteiger charge is -2.04. The van der Waals surface area contributed by atoms with Gasteiger partial charge in [-0.05, 0) is 31.2 Å². The lowest BCUT2D eigenvalue weighted by Crippen LogP contribution is -1.88. The van der Waals surface area contributed by atoms with Crippen LogP contribution in [0.1, 0.15) is 5.69 Å². The molecule has 4 nitrogen and oxygen atoms in total. The zero-order valence-corrected chi connectivity index (χ0v) is 11.4. The van der Waals surface area contributed by atoms with Crippen molar-refractivity contribution < 1.29 is 4.74 Å². The first-order chi connectivity index (χ1) is 9.79. The molecule has 0 spiro atoms. The zero-order valence-electron chi connectivity index (χ0n) is 11.4. The van der Waals surface area contributed by atoms with Crippen LogP contribution in [-0.4, -0.2) is 22.1 Å². The van der Waals surface area contributed by atoms with E-state index in [-0.39, 0.29) is 0 Å². The van der Waals surface area contributed by atoms with E-state index in [4.69, 9.17) is 4.74 Å². The molecule has 4 heteroatoms. The average Bonchev–Trinajstić information content (AvgIpc) is 2.90. The summed E-state index contributed by atoms with van der Waals surface area (Å²) < 4.78 is 5.38. The highest BCUT2D eigenvalue weighted by atomic mass is 16.5. The summed E-state index contributed by atoms with van der Waals surface area (Å²) in [5, 5.41) is 0. The van der Waals surface area contributed by atoms with Crippen molar-refractivity contribution in [1.29, 1.82) is 0 Å². The number of imidazole rings is 1. The van der Waals surface area contributed by atoms with Crippen LogP contribution in [0.3, 0.4) is 0 Å². The number of rotatable bonds is 3. The monoisotopic (exact) mass is 265 g/mol. The third-order valence-corrected chi connectivity index (χ3v) is 3.18. The number of aryl methyl sites for hydroxylation is 1. The van der Waals surface area contributed by atoms with Crippen LogP contribution in [-0.2, 0) is 0 Å². The van der Waals surface area contributed by atoms with E-state index < -0.39 is 0 Å². The Labute approximate surface area is 117 Å². The Morgan fingerprint density at radius 3 is 2.70 bits per heavy atom. The first-order valence-electron chi connectivity index (χ1n) is 6.40. The number of H-pyrrole nitrogens is 1. The molecule has 0 amide bonds. The zero-order chi connectivity index (χ0) is 13.9. The van der Waals surface area contributed by atoms with Gasteiger partial charge in [0.05, 0.1) is 18.4 Å². The highest BCUT2D eigenvalue weighted by Crippen LogP contribution is 2.30. The highest BCUT2D eigenvalue weighted by molar-refractivity contribution is 5.70. The number of hydrogen-bond donors (Lipinski definition) is 1. The number of aromatic amines is 1. The van der Waals surface area contributed by atoms with Crippen LogP contribution in [0.5, 0.6) is 5.75 Å². The number of hydrogen-bond acceptors (Lipinski definition) is 3. The Bertz CT molecular complexity index is 720. The van der Waals surface area contributed by atoms with E-state index in [0.29, 0.717) is 0 Å². The van der Waals surface area contributed by atoms with Gasteiger partial charge in [-0.15, -0.1) is 0 Å². The molecule has 0 aliphatic carbocycles. The van der Waals surface area contributed by atoms with Gasteiger partial charge in [-0.25, -0.2) is 4.98 Å². The fourth-order valence-corrected chi connectivity index (χ4v) is 2.21. The molecule has 0 bridgehead atoms. The molecule has 0 radical (unpaired) electrons. The number of para-hydroxylation sites is 1. The van der Waals surface area contributed by atoms with E-state index in [2.05, 4.69) is 15.0 Å². The van der Waals surface area contributed by atoms with Gasteiger partial charge in [0.1, 0.15) is 11.6 Å². The SMILES string of the molecule is COc1ccccc1-c1nc(-c2cccnc2)c(C)[nH]1. The van der Waals surface area contributed by atoms with Gasteiger partial charge in [0, 0.05) is 23.7 Å². The minimum Gasteiger partial charge on any atom is -0.496 e. The molecule has 0 unspecified atom stereocenters. The van der Waals surface area contributed by atoms with Crippen molar-refractivity contribution in [3.63, 3.8) is 0 Å². The van der Waals surface area contributed by atoms with Gasteiger partial charge in [-0.2, -0.15) is 0 Å². The van der Waals surface area contributed by atoms with Gasteiger partial charge in [0.25, 0.3) is 0 Å². The van der Waals surface area contributed by atoms with E-state index in [1.807, 2.05) is 49.5 Å². The van der Waals surface area contributed by atoms with Gasteiger partial charge in [-0.1, -0.05) is 12.1 Å². The molecular formula is C16H15N3O. The van der Waals surface area contributed by atoms with Crippen LogP contribution >= 0.6 is 0 Å². The highest BCUT2D eigenvalue weighted by Gasteiger charge is 2.13. The maximum absolute atomic E-state index is 5.38. The van der Waals surface area contributed by atoms with E-state index in [9.17, 15) is 0 Å². The number of methoxy groups -OCH3 is 1. The number of benzene rings is 1. The number of aromatic nitrogens is 3. The topological polar surface area (TPSA) is 50.8 Å². The number of nitrogens with zero attached hydrogens (tertiary/aromatic N) is 2. The fraction of sp³-hybridized carbons (Fsp3) is 0.125. The van der Waals surface area contributed by atoms with Crippen molar-refractivity contribution in [3.8, 4) is 28.4 Å². The van der Waals surface area contributed by atoms with Crippen molar-refractivity contribution in [3.05, 3.63) is 54.5 Å². The Kier molecular flexibility index (Phi) is 3.21. The van der Waals surface area contributed by atoms with Crippen LogP contribution < -0.4 is 4.74 Å². The molecule has 1 aromatic carbocycles. The van der Waals surface area contributed by atoms with Gasteiger partial charge >= 0.3 is 0 Å². The summed E-state index contributed by atoms with van der Waals surface area (Å²) in [5.74, 6) is 1.61. The summed E-state index contributed by atoms with van der Waals surface area (Å²) >= 11 is 0. The summed E-state index contributed by atoms with van der Waals surface area (Å²) in [4.78, 5) is 12.1. The van der Waals surface area contributed by atoms with Crippen molar-refractivity contribution >= 4 is 0 Å². The summed E-state index contributed by atoms with van der Waals surface area (Å²) in [6.45, 7) is 2.01. The summed E-state index contributed by atoms with van der Waals surface area (Å²) in [6.07, 6.45) is 3.57.